The fraction of sp³-hybridized carbons (Fsp3) is 0.364. The van der Waals surface area contributed by atoms with E-state index in [0.717, 1.165) is 0 Å². The number of benzene rings is 1. The van der Waals surface area contributed by atoms with Crippen LogP contribution in [0.5, 0.6) is 11.5 Å². The van der Waals surface area contributed by atoms with Gasteiger partial charge >= 0.3 is 5.97 Å². The molecule has 0 aromatic heterocycles. The molecular weight excluding hydrogens is 260 g/mol. The predicted octanol–water partition coefficient (Wildman–Crippen LogP) is 0.703. The molecule has 1 aromatic rings. The molecule has 0 saturated heterocycles. The smallest absolute Gasteiger partial charge is 0.318 e. The standard InChI is InChI=1S/C11H14O6S/c1-16-9-4-3-8(5-10(9)17-2)6-18(14,15)7-11(12)13/h3-5H,6-7H2,1-2H3,(H,12,13). The number of aliphatic carboxylic acids is 1. The number of sulfone groups is 1. The first-order chi connectivity index (χ1) is 8.38. The van der Waals surface area contributed by atoms with Crippen LogP contribution in [0.25, 0.3) is 0 Å². The molecule has 0 spiro atoms. The minimum absolute atomic E-state index is 0.348. The molecule has 0 radical (unpaired) electrons. The van der Waals surface area contributed by atoms with Gasteiger partial charge in [-0.1, -0.05) is 6.07 Å². The normalized spacial score (nSPS) is 11.0. The molecule has 1 rings (SSSR count). The van der Waals surface area contributed by atoms with Crippen molar-refractivity contribution in [2.24, 2.45) is 0 Å². The Morgan fingerprint density at radius 2 is 1.83 bits per heavy atom. The summed E-state index contributed by atoms with van der Waals surface area (Å²) in [6.45, 7) is 0. The second kappa shape index (κ2) is 5.72. The number of carboxylic acid groups (broad SMARTS) is 1. The monoisotopic (exact) mass is 274 g/mol. The largest absolute Gasteiger partial charge is 0.493 e. The fourth-order valence-electron chi connectivity index (χ4n) is 1.46. The van der Waals surface area contributed by atoms with E-state index in [1.807, 2.05) is 0 Å². The van der Waals surface area contributed by atoms with Gasteiger partial charge in [-0.15, -0.1) is 0 Å². The molecule has 0 atom stereocenters. The molecular formula is C11H14O6S. The molecule has 0 aliphatic rings. The first-order valence-corrected chi connectivity index (χ1v) is 6.83. The number of hydrogen-bond donors (Lipinski definition) is 1. The molecule has 18 heavy (non-hydrogen) atoms. The van der Waals surface area contributed by atoms with Crippen LogP contribution in [-0.2, 0) is 20.4 Å². The van der Waals surface area contributed by atoms with Gasteiger partial charge in [0.25, 0.3) is 0 Å². The number of ether oxygens (including phenoxy) is 2. The average molecular weight is 274 g/mol. The second-order valence-corrected chi connectivity index (χ2v) is 5.68. The van der Waals surface area contributed by atoms with Gasteiger partial charge < -0.3 is 14.6 Å². The molecule has 0 bridgehead atoms. The Kier molecular flexibility index (Phi) is 4.55. The van der Waals surface area contributed by atoms with Crippen molar-refractivity contribution < 1.29 is 27.8 Å². The lowest BCUT2D eigenvalue weighted by Crippen LogP contribution is -2.16. The summed E-state index contributed by atoms with van der Waals surface area (Å²) in [5.74, 6) is -1.71. The SMILES string of the molecule is COc1ccc(CS(=O)(=O)CC(=O)O)cc1OC. The number of methoxy groups -OCH3 is 2. The summed E-state index contributed by atoms with van der Waals surface area (Å²) >= 11 is 0. The maximum Gasteiger partial charge on any atom is 0.318 e. The van der Waals surface area contributed by atoms with Gasteiger partial charge in [0, 0.05) is 0 Å². The summed E-state index contributed by atoms with van der Waals surface area (Å²) in [5, 5.41) is 8.49. The summed E-state index contributed by atoms with van der Waals surface area (Å²) in [6, 6.07) is 4.64. The van der Waals surface area contributed by atoms with Crippen LogP contribution in [0.15, 0.2) is 18.2 Å². The summed E-state index contributed by atoms with van der Waals surface area (Å²) in [4.78, 5) is 10.4. The maximum absolute atomic E-state index is 11.5. The third kappa shape index (κ3) is 3.92. The van der Waals surface area contributed by atoms with Crippen LogP contribution in [0.4, 0.5) is 0 Å². The van der Waals surface area contributed by atoms with Crippen LogP contribution in [0.3, 0.4) is 0 Å². The van der Waals surface area contributed by atoms with Crippen LogP contribution in [0.1, 0.15) is 5.56 Å². The van der Waals surface area contributed by atoms with E-state index in [-0.39, 0.29) is 5.75 Å². The van der Waals surface area contributed by atoms with Crippen molar-refractivity contribution in [3.05, 3.63) is 23.8 Å². The van der Waals surface area contributed by atoms with Crippen molar-refractivity contribution in [3.8, 4) is 11.5 Å². The van der Waals surface area contributed by atoms with Crippen molar-refractivity contribution in [3.63, 3.8) is 0 Å². The minimum atomic E-state index is -3.67. The number of hydrogen-bond acceptors (Lipinski definition) is 5. The van der Waals surface area contributed by atoms with Crippen LogP contribution in [-0.4, -0.2) is 39.5 Å². The zero-order valence-electron chi connectivity index (χ0n) is 10.0. The third-order valence-corrected chi connectivity index (χ3v) is 3.64. The third-order valence-electron chi connectivity index (χ3n) is 2.18. The maximum atomic E-state index is 11.5. The van der Waals surface area contributed by atoms with Gasteiger partial charge in [0.2, 0.25) is 0 Å². The van der Waals surface area contributed by atoms with Crippen molar-refractivity contribution in [1.82, 2.24) is 0 Å². The Morgan fingerprint density at radius 3 is 2.33 bits per heavy atom. The minimum Gasteiger partial charge on any atom is -0.493 e. The lowest BCUT2D eigenvalue weighted by atomic mass is 10.2. The zero-order valence-corrected chi connectivity index (χ0v) is 10.9. The highest BCUT2D eigenvalue weighted by molar-refractivity contribution is 7.91. The van der Waals surface area contributed by atoms with Crippen LogP contribution in [0, 0.1) is 0 Å². The van der Waals surface area contributed by atoms with Gasteiger partial charge in [-0.05, 0) is 17.7 Å². The van der Waals surface area contributed by atoms with Gasteiger partial charge in [-0.3, -0.25) is 4.79 Å². The summed E-state index contributed by atoms with van der Waals surface area (Å²) in [6.07, 6.45) is 0. The number of rotatable bonds is 6. The van der Waals surface area contributed by atoms with E-state index in [2.05, 4.69) is 0 Å². The molecule has 6 nitrogen and oxygen atoms in total. The molecule has 0 unspecified atom stereocenters. The molecule has 0 aliphatic heterocycles. The van der Waals surface area contributed by atoms with Crippen molar-refractivity contribution in [1.29, 1.82) is 0 Å². The van der Waals surface area contributed by atoms with Gasteiger partial charge in [0.15, 0.2) is 21.3 Å². The molecule has 0 amide bonds. The second-order valence-electron chi connectivity index (χ2n) is 3.62. The molecule has 0 fully saturated rings. The number of carboxylic acids is 1. The van der Waals surface area contributed by atoms with E-state index < -0.39 is 21.6 Å². The van der Waals surface area contributed by atoms with Crippen molar-refractivity contribution >= 4 is 15.8 Å². The van der Waals surface area contributed by atoms with E-state index in [1.165, 1.54) is 20.3 Å². The van der Waals surface area contributed by atoms with Gasteiger partial charge in [0.1, 0.15) is 5.75 Å². The Labute approximate surface area is 105 Å². The Hall–Kier alpha value is -1.76. The highest BCUT2D eigenvalue weighted by atomic mass is 32.2. The van der Waals surface area contributed by atoms with E-state index in [0.29, 0.717) is 17.1 Å². The molecule has 1 aromatic carbocycles. The first kappa shape index (κ1) is 14.3. The number of carbonyl (C=O) groups is 1. The van der Waals surface area contributed by atoms with Crippen LogP contribution < -0.4 is 9.47 Å². The lowest BCUT2D eigenvalue weighted by molar-refractivity contribution is -0.134. The Morgan fingerprint density at radius 1 is 1.22 bits per heavy atom. The lowest BCUT2D eigenvalue weighted by Gasteiger charge is -2.09. The topological polar surface area (TPSA) is 89.9 Å². The predicted molar refractivity (Wildman–Crippen MR) is 64.7 cm³/mol. The van der Waals surface area contributed by atoms with Gasteiger partial charge in [-0.2, -0.15) is 0 Å². The highest BCUT2D eigenvalue weighted by Gasteiger charge is 2.17. The molecule has 0 saturated carbocycles. The van der Waals surface area contributed by atoms with Crippen LogP contribution in [0.2, 0.25) is 0 Å². The summed E-state index contributed by atoms with van der Waals surface area (Å²) in [5.41, 5.74) is 0.453. The molecule has 0 aliphatic carbocycles. The highest BCUT2D eigenvalue weighted by Crippen LogP contribution is 2.28. The van der Waals surface area contributed by atoms with Crippen LogP contribution >= 0.6 is 0 Å². The zero-order chi connectivity index (χ0) is 13.8. The van der Waals surface area contributed by atoms with E-state index >= 15 is 0 Å². The summed E-state index contributed by atoms with van der Waals surface area (Å²) < 4.78 is 33.1. The van der Waals surface area contributed by atoms with Crippen molar-refractivity contribution in [2.75, 3.05) is 20.0 Å². The Bertz CT molecular complexity index is 534. The van der Waals surface area contributed by atoms with Crippen molar-refractivity contribution in [2.45, 2.75) is 5.75 Å². The van der Waals surface area contributed by atoms with E-state index in [1.54, 1.807) is 12.1 Å². The average Bonchev–Trinajstić information content (AvgIpc) is 2.26. The molecule has 7 heteroatoms. The van der Waals surface area contributed by atoms with E-state index in [4.69, 9.17) is 14.6 Å². The fourth-order valence-corrected chi connectivity index (χ4v) is 2.63. The van der Waals surface area contributed by atoms with E-state index in [9.17, 15) is 13.2 Å². The Balaban J connectivity index is 2.95. The molecule has 100 valence electrons. The molecule has 1 N–H and O–H groups in total. The first-order valence-electron chi connectivity index (χ1n) is 5.01. The van der Waals surface area contributed by atoms with Gasteiger partial charge in [-0.25, -0.2) is 8.42 Å². The quantitative estimate of drug-likeness (QED) is 0.821. The molecule has 0 heterocycles. The van der Waals surface area contributed by atoms with Gasteiger partial charge in [0.05, 0.1) is 20.0 Å². The summed E-state index contributed by atoms with van der Waals surface area (Å²) in [7, 11) is -0.766.